The highest BCUT2D eigenvalue weighted by atomic mass is 32.2. The van der Waals surface area contributed by atoms with E-state index in [-0.39, 0.29) is 0 Å². The van der Waals surface area contributed by atoms with Gasteiger partial charge in [-0.3, -0.25) is 4.57 Å². The third kappa shape index (κ3) is 4.44. The molecule has 3 heterocycles. The van der Waals surface area contributed by atoms with Crippen LogP contribution in [-0.2, 0) is 10.5 Å². The Balaban J connectivity index is 1.33. The lowest BCUT2D eigenvalue weighted by Gasteiger charge is -2.27. The van der Waals surface area contributed by atoms with Crippen LogP contribution in [0.1, 0.15) is 24.8 Å². The second-order valence-corrected chi connectivity index (χ2v) is 8.63. The lowest BCUT2D eigenvalue weighted by molar-refractivity contribution is 0.121. The molecule has 0 atom stereocenters. The van der Waals surface area contributed by atoms with Gasteiger partial charge in [0.15, 0.2) is 16.7 Å². The van der Waals surface area contributed by atoms with Crippen LogP contribution in [0.4, 0.5) is 5.95 Å². The van der Waals surface area contributed by atoms with Gasteiger partial charge in [-0.2, -0.15) is 0 Å². The van der Waals surface area contributed by atoms with Gasteiger partial charge in [-0.1, -0.05) is 11.8 Å². The topological polar surface area (TPSA) is 110 Å². The third-order valence-electron chi connectivity index (χ3n) is 5.56. The van der Waals surface area contributed by atoms with Gasteiger partial charge in [0, 0.05) is 24.7 Å². The van der Waals surface area contributed by atoms with Crippen LogP contribution in [0.15, 0.2) is 21.7 Å². The van der Waals surface area contributed by atoms with E-state index in [2.05, 4.69) is 29.9 Å². The monoisotopic (exact) mass is 474 g/mol. The second-order valence-electron chi connectivity index (χ2n) is 7.69. The molecule has 1 aromatic carbocycles. The molecule has 0 radical (unpaired) electrons. The molecule has 176 valence electrons. The number of methoxy groups -OCH3 is 3. The molecule has 1 aliphatic heterocycles. The second kappa shape index (κ2) is 9.48. The summed E-state index contributed by atoms with van der Waals surface area (Å²) in [5.41, 5.74) is 0.684. The van der Waals surface area contributed by atoms with Crippen LogP contribution in [0.25, 0.3) is 11.5 Å². The molecule has 1 saturated carbocycles. The van der Waals surface area contributed by atoms with Gasteiger partial charge < -0.3 is 28.3 Å². The van der Waals surface area contributed by atoms with E-state index in [1.54, 1.807) is 45.2 Å². The van der Waals surface area contributed by atoms with Gasteiger partial charge in [0.1, 0.15) is 0 Å². The standard InChI is InChI=1S/C21H26N6O5S/c1-28-15-10-13(11-16(29-2)18(15)30-3)19-23-22-17(32-19)12-33-21-25-24-20(27(21)14-4-5-14)26-6-8-31-9-7-26/h10-11,14H,4-9,12H2,1-3H3. The fourth-order valence-electron chi connectivity index (χ4n) is 3.76. The predicted octanol–water partition coefficient (Wildman–Crippen LogP) is 2.82. The van der Waals surface area contributed by atoms with Gasteiger partial charge in [0.2, 0.25) is 23.5 Å². The van der Waals surface area contributed by atoms with Crippen molar-refractivity contribution >= 4 is 17.7 Å². The van der Waals surface area contributed by atoms with Crippen LogP contribution in [0.3, 0.4) is 0 Å². The number of rotatable bonds is 9. The van der Waals surface area contributed by atoms with Crippen molar-refractivity contribution in [3.8, 4) is 28.7 Å². The van der Waals surface area contributed by atoms with Gasteiger partial charge >= 0.3 is 0 Å². The number of benzene rings is 1. The molecule has 12 heteroatoms. The van der Waals surface area contributed by atoms with Gasteiger partial charge in [-0.25, -0.2) is 0 Å². The number of anilines is 1. The normalized spacial score (nSPS) is 16.2. The van der Waals surface area contributed by atoms with Crippen LogP contribution in [-0.4, -0.2) is 72.6 Å². The third-order valence-corrected chi connectivity index (χ3v) is 6.48. The van der Waals surface area contributed by atoms with Crippen molar-refractivity contribution in [3.05, 3.63) is 18.0 Å². The lowest BCUT2D eigenvalue weighted by atomic mass is 10.2. The Bertz CT molecular complexity index is 1080. The molecule has 0 bridgehead atoms. The molecule has 0 amide bonds. The highest BCUT2D eigenvalue weighted by molar-refractivity contribution is 7.98. The zero-order chi connectivity index (χ0) is 22.8. The van der Waals surface area contributed by atoms with Crippen molar-refractivity contribution in [2.75, 3.05) is 52.5 Å². The first-order chi connectivity index (χ1) is 16.2. The molecule has 1 aliphatic carbocycles. The first-order valence-electron chi connectivity index (χ1n) is 10.7. The van der Waals surface area contributed by atoms with E-state index in [1.165, 1.54) is 0 Å². The maximum atomic E-state index is 5.92. The fraction of sp³-hybridized carbons (Fsp3) is 0.524. The Morgan fingerprint density at radius 1 is 0.970 bits per heavy atom. The number of aromatic nitrogens is 5. The highest BCUT2D eigenvalue weighted by Crippen LogP contribution is 2.42. The van der Waals surface area contributed by atoms with Crippen molar-refractivity contribution in [2.24, 2.45) is 0 Å². The smallest absolute Gasteiger partial charge is 0.248 e. The summed E-state index contributed by atoms with van der Waals surface area (Å²) in [6.07, 6.45) is 2.30. The SMILES string of the molecule is COc1cc(-c2nnc(CSc3nnc(N4CCOCC4)n3C3CC3)o2)cc(OC)c1OC. The van der Waals surface area contributed by atoms with Crippen molar-refractivity contribution in [3.63, 3.8) is 0 Å². The fourth-order valence-corrected chi connectivity index (χ4v) is 4.60. The molecule has 0 unspecified atom stereocenters. The molecule has 33 heavy (non-hydrogen) atoms. The summed E-state index contributed by atoms with van der Waals surface area (Å²) in [5, 5.41) is 18.2. The van der Waals surface area contributed by atoms with Crippen molar-refractivity contribution in [1.82, 2.24) is 25.0 Å². The molecule has 2 aromatic heterocycles. The van der Waals surface area contributed by atoms with Crippen LogP contribution < -0.4 is 19.1 Å². The number of thioether (sulfide) groups is 1. The van der Waals surface area contributed by atoms with Crippen molar-refractivity contribution < 1.29 is 23.4 Å². The number of hydrogen-bond donors (Lipinski definition) is 0. The minimum absolute atomic E-state index is 0.377. The zero-order valence-corrected chi connectivity index (χ0v) is 19.6. The predicted molar refractivity (Wildman–Crippen MR) is 120 cm³/mol. The van der Waals surface area contributed by atoms with Gasteiger partial charge in [0.25, 0.3) is 0 Å². The Labute approximate surface area is 195 Å². The Morgan fingerprint density at radius 2 is 1.70 bits per heavy atom. The number of nitrogens with zero attached hydrogens (tertiary/aromatic N) is 6. The quantitative estimate of drug-likeness (QED) is 0.427. The maximum Gasteiger partial charge on any atom is 0.248 e. The average Bonchev–Trinajstić information content (AvgIpc) is 3.43. The van der Waals surface area contributed by atoms with Crippen LogP contribution in [0.5, 0.6) is 17.2 Å². The van der Waals surface area contributed by atoms with Crippen LogP contribution >= 0.6 is 11.8 Å². The molecule has 2 aliphatic rings. The zero-order valence-electron chi connectivity index (χ0n) is 18.8. The summed E-state index contributed by atoms with van der Waals surface area (Å²) in [4.78, 5) is 2.24. The van der Waals surface area contributed by atoms with Gasteiger partial charge in [-0.05, 0) is 25.0 Å². The number of morpholine rings is 1. The molecule has 2 fully saturated rings. The summed E-state index contributed by atoms with van der Waals surface area (Å²) in [5.74, 6) is 3.85. The molecule has 1 saturated heterocycles. The van der Waals surface area contributed by atoms with E-state index in [0.29, 0.717) is 59.6 Å². The molecular weight excluding hydrogens is 448 g/mol. The Hall–Kier alpha value is -2.99. The van der Waals surface area contributed by atoms with Gasteiger partial charge in [-0.15, -0.1) is 20.4 Å². The summed E-state index contributed by atoms with van der Waals surface area (Å²) >= 11 is 1.55. The van der Waals surface area contributed by atoms with Crippen molar-refractivity contribution in [2.45, 2.75) is 29.8 Å². The van der Waals surface area contributed by atoms with Gasteiger partial charge in [0.05, 0.1) is 40.3 Å². The molecule has 5 rings (SSSR count). The van der Waals surface area contributed by atoms with E-state index < -0.39 is 0 Å². The van der Waals surface area contributed by atoms with E-state index in [1.807, 2.05) is 0 Å². The molecule has 0 N–H and O–H groups in total. The Kier molecular flexibility index (Phi) is 6.27. The molecular formula is C21H26N6O5S. The van der Waals surface area contributed by atoms with E-state index in [9.17, 15) is 0 Å². The van der Waals surface area contributed by atoms with Crippen LogP contribution in [0.2, 0.25) is 0 Å². The summed E-state index contributed by atoms with van der Waals surface area (Å²) in [7, 11) is 4.70. The molecule has 3 aromatic rings. The summed E-state index contributed by atoms with van der Waals surface area (Å²) in [6.45, 7) is 3.09. The lowest BCUT2D eigenvalue weighted by Crippen LogP contribution is -2.38. The first-order valence-corrected chi connectivity index (χ1v) is 11.7. The Morgan fingerprint density at radius 3 is 2.33 bits per heavy atom. The molecule has 11 nitrogen and oxygen atoms in total. The highest BCUT2D eigenvalue weighted by Gasteiger charge is 2.32. The number of ether oxygens (including phenoxy) is 4. The molecule has 0 spiro atoms. The number of hydrogen-bond acceptors (Lipinski definition) is 11. The minimum Gasteiger partial charge on any atom is -0.493 e. The van der Waals surface area contributed by atoms with E-state index >= 15 is 0 Å². The summed E-state index contributed by atoms with van der Waals surface area (Å²) < 4.78 is 29.9. The van der Waals surface area contributed by atoms with E-state index in [4.69, 9.17) is 23.4 Å². The summed E-state index contributed by atoms with van der Waals surface area (Å²) in [6, 6.07) is 4.02. The van der Waals surface area contributed by atoms with Crippen LogP contribution in [0, 0.1) is 0 Å². The average molecular weight is 475 g/mol. The van der Waals surface area contributed by atoms with E-state index in [0.717, 1.165) is 37.0 Å². The largest absolute Gasteiger partial charge is 0.493 e. The minimum atomic E-state index is 0.377. The van der Waals surface area contributed by atoms with Crippen molar-refractivity contribution in [1.29, 1.82) is 0 Å². The maximum absolute atomic E-state index is 5.92. The first kappa shape index (κ1) is 21.8.